The standard InChI is InChI=1S/C17H13NO/c19-17(12-11-15-7-3-1-4-8-15)13-14-18-16-9-5-2-6-10-16/h1-10,13-14,18H/b14-13-. The van der Waals surface area contributed by atoms with Crippen LogP contribution in [0.4, 0.5) is 5.69 Å². The van der Waals surface area contributed by atoms with Crippen molar-refractivity contribution in [3.63, 3.8) is 0 Å². The van der Waals surface area contributed by atoms with E-state index in [0.717, 1.165) is 11.3 Å². The Kier molecular flexibility index (Phi) is 4.55. The number of carbonyl (C=O) groups is 1. The van der Waals surface area contributed by atoms with Crippen molar-refractivity contribution < 1.29 is 4.79 Å². The molecule has 0 saturated heterocycles. The molecule has 2 nitrogen and oxygen atoms in total. The predicted octanol–water partition coefficient (Wildman–Crippen LogP) is 3.23. The Morgan fingerprint density at radius 1 is 0.947 bits per heavy atom. The Morgan fingerprint density at radius 2 is 1.58 bits per heavy atom. The Bertz CT molecular complexity index is 619. The molecule has 19 heavy (non-hydrogen) atoms. The first-order valence-corrected chi connectivity index (χ1v) is 5.94. The summed E-state index contributed by atoms with van der Waals surface area (Å²) >= 11 is 0. The molecule has 0 fully saturated rings. The highest BCUT2D eigenvalue weighted by Crippen LogP contribution is 2.04. The maximum atomic E-state index is 11.5. The molecule has 0 radical (unpaired) electrons. The third-order valence-corrected chi connectivity index (χ3v) is 2.36. The van der Waals surface area contributed by atoms with Crippen molar-refractivity contribution >= 4 is 11.5 Å². The van der Waals surface area contributed by atoms with Gasteiger partial charge in [0.15, 0.2) is 0 Å². The zero-order valence-electron chi connectivity index (χ0n) is 10.3. The number of para-hydroxylation sites is 1. The van der Waals surface area contributed by atoms with Crippen LogP contribution in [0.5, 0.6) is 0 Å². The zero-order valence-corrected chi connectivity index (χ0v) is 10.3. The number of hydrogen-bond acceptors (Lipinski definition) is 2. The SMILES string of the molecule is O=C(C#Cc1ccccc1)/C=C\Nc1ccccc1. The molecule has 0 spiro atoms. The largest absolute Gasteiger partial charge is 0.362 e. The first-order chi connectivity index (χ1) is 9.34. The van der Waals surface area contributed by atoms with Gasteiger partial charge in [0.25, 0.3) is 0 Å². The lowest BCUT2D eigenvalue weighted by molar-refractivity contribution is -0.109. The van der Waals surface area contributed by atoms with Crippen LogP contribution < -0.4 is 5.32 Å². The van der Waals surface area contributed by atoms with Gasteiger partial charge < -0.3 is 5.32 Å². The van der Waals surface area contributed by atoms with Gasteiger partial charge in [-0.15, -0.1) is 0 Å². The fourth-order valence-corrected chi connectivity index (χ4v) is 1.44. The number of allylic oxidation sites excluding steroid dienone is 1. The third-order valence-electron chi connectivity index (χ3n) is 2.36. The van der Waals surface area contributed by atoms with E-state index >= 15 is 0 Å². The number of benzene rings is 2. The van der Waals surface area contributed by atoms with Crippen LogP contribution in [-0.4, -0.2) is 5.78 Å². The fraction of sp³-hybridized carbons (Fsp3) is 0. The van der Waals surface area contributed by atoms with Crippen molar-refractivity contribution in [2.45, 2.75) is 0 Å². The summed E-state index contributed by atoms with van der Waals surface area (Å²) in [5.74, 6) is 5.15. The second-order valence-electron chi connectivity index (χ2n) is 3.82. The quantitative estimate of drug-likeness (QED) is 0.666. The minimum Gasteiger partial charge on any atom is -0.362 e. The van der Waals surface area contributed by atoms with Crippen LogP contribution in [0, 0.1) is 11.8 Å². The van der Waals surface area contributed by atoms with E-state index < -0.39 is 0 Å². The summed E-state index contributed by atoms with van der Waals surface area (Å²) in [6, 6.07) is 19.1. The number of ketones is 1. The summed E-state index contributed by atoms with van der Waals surface area (Å²) in [7, 11) is 0. The Balaban J connectivity index is 1.90. The van der Waals surface area contributed by atoms with E-state index in [-0.39, 0.29) is 5.78 Å². The molecular weight excluding hydrogens is 234 g/mol. The monoisotopic (exact) mass is 247 g/mol. The first kappa shape index (κ1) is 12.7. The van der Waals surface area contributed by atoms with Crippen molar-refractivity contribution in [2.24, 2.45) is 0 Å². The second-order valence-corrected chi connectivity index (χ2v) is 3.82. The van der Waals surface area contributed by atoms with Gasteiger partial charge in [0.05, 0.1) is 0 Å². The Labute approximate surface area is 112 Å². The molecular formula is C17H13NO. The zero-order chi connectivity index (χ0) is 13.3. The number of anilines is 1. The van der Waals surface area contributed by atoms with Crippen molar-refractivity contribution in [1.82, 2.24) is 0 Å². The summed E-state index contributed by atoms with van der Waals surface area (Å²) in [5, 5.41) is 3.00. The fourth-order valence-electron chi connectivity index (χ4n) is 1.44. The molecule has 0 amide bonds. The molecule has 92 valence electrons. The summed E-state index contributed by atoms with van der Waals surface area (Å²) < 4.78 is 0. The molecule has 0 bridgehead atoms. The van der Waals surface area contributed by atoms with E-state index in [4.69, 9.17) is 0 Å². The summed E-state index contributed by atoms with van der Waals surface area (Å²) in [6.45, 7) is 0. The molecule has 1 N–H and O–H groups in total. The van der Waals surface area contributed by atoms with Crippen molar-refractivity contribution in [1.29, 1.82) is 0 Å². The smallest absolute Gasteiger partial charge is 0.230 e. The van der Waals surface area contributed by atoms with Crippen molar-refractivity contribution in [2.75, 3.05) is 5.32 Å². The molecule has 2 rings (SSSR count). The lowest BCUT2D eigenvalue weighted by atomic mass is 10.2. The van der Waals surface area contributed by atoms with Gasteiger partial charge in [0.2, 0.25) is 5.78 Å². The van der Waals surface area contributed by atoms with Crippen LogP contribution in [0.2, 0.25) is 0 Å². The van der Waals surface area contributed by atoms with E-state index in [1.165, 1.54) is 6.08 Å². The second kappa shape index (κ2) is 6.83. The highest BCUT2D eigenvalue weighted by atomic mass is 16.1. The lowest BCUT2D eigenvalue weighted by Gasteiger charge is -1.97. The molecule has 0 atom stereocenters. The highest BCUT2D eigenvalue weighted by molar-refractivity contribution is 6.04. The molecule has 0 aliphatic heterocycles. The lowest BCUT2D eigenvalue weighted by Crippen LogP contribution is -1.91. The van der Waals surface area contributed by atoms with Crippen LogP contribution in [0.15, 0.2) is 72.9 Å². The first-order valence-electron chi connectivity index (χ1n) is 5.94. The van der Waals surface area contributed by atoms with Gasteiger partial charge in [-0.05, 0) is 30.2 Å². The van der Waals surface area contributed by atoms with Crippen LogP contribution in [0.3, 0.4) is 0 Å². The number of rotatable bonds is 3. The van der Waals surface area contributed by atoms with Gasteiger partial charge in [-0.2, -0.15) is 0 Å². The summed E-state index contributed by atoms with van der Waals surface area (Å²) in [5.41, 5.74) is 1.77. The van der Waals surface area contributed by atoms with Gasteiger partial charge in [-0.3, -0.25) is 4.79 Å². The average Bonchev–Trinajstić information content (AvgIpc) is 2.47. The summed E-state index contributed by atoms with van der Waals surface area (Å²) in [6.07, 6.45) is 3.01. The third kappa shape index (κ3) is 4.53. The van der Waals surface area contributed by atoms with Crippen LogP contribution in [0.1, 0.15) is 5.56 Å². The van der Waals surface area contributed by atoms with Gasteiger partial charge >= 0.3 is 0 Å². The molecule has 0 aromatic heterocycles. The maximum Gasteiger partial charge on any atom is 0.230 e. The van der Waals surface area contributed by atoms with Crippen molar-refractivity contribution in [3.8, 4) is 11.8 Å². The predicted molar refractivity (Wildman–Crippen MR) is 77.5 cm³/mol. The van der Waals surface area contributed by atoms with Gasteiger partial charge in [0, 0.05) is 23.5 Å². The normalized spacial score (nSPS) is 9.68. The van der Waals surface area contributed by atoms with Crippen molar-refractivity contribution in [3.05, 3.63) is 78.5 Å². The van der Waals surface area contributed by atoms with Gasteiger partial charge in [0.1, 0.15) is 0 Å². The molecule has 0 aliphatic carbocycles. The van der Waals surface area contributed by atoms with E-state index in [9.17, 15) is 4.79 Å². The Hall–Kier alpha value is -2.79. The molecule has 2 aromatic carbocycles. The molecule has 0 unspecified atom stereocenters. The average molecular weight is 247 g/mol. The number of nitrogens with one attached hydrogen (secondary N) is 1. The molecule has 2 heteroatoms. The topological polar surface area (TPSA) is 29.1 Å². The minimum atomic E-state index is -0.229. The Morgan fingerprint density at radius 3 is 2.26 bits per heavy atom. The molecule has 2 aromatic rings. The molecule has 0 saturated carbocycles. The van der Waals surface area contributed by atoms with E-state index in [2.05, 4.69) is 17.2 Å². The number of hydrogen-bond donors (Lipinski definition) is 1. The number of carbonyl (C=O) groups excluding carboxylic acids is 1. The van der Waals surface area contributed by atoms with Crippen LogP contribution in [-0.2, 0) is 4.79 Å². The van der Waals surface area contributed by atoms with E-state index in [1.54, 1.807) is 6.20 Å². The molecule has 0 heterocycles. The van der Waals surface area contributed by atoms with Crippen LogP contribution >= 0.6 is 0 Å². The van der Waals surface area contributed by atoms with E-state index in [0.29, 0.717) is 0 Å². The summed E-state index contributed by atoms with van der Waals surface area (Å²) in [4.78, 5) is 11.5. The van der Waals surface area contributed by atoms with Gasteiger partial charge in [-0.1, -0.05) is 42.3 Å². The van der Waals surface area contributed by atoms with Gasteiger partial charge in [-0.25, -0.2) is 0 Å². The minimum absolute atomic E-state index is 0.229. The van der Waals surface area contributed by atoms with Crippen LogP contribution in [0.25, 0.3) is 0 Å². The maximum absolute atomic E-state index is 11.5. The molecule has 0 aliphatic rings. The highest BCUT2D eigenvalue weighted by Gasteiger charge is 1.89. The van der Waals surface area contributed by atoms with E-state index in [1.807, 2.05) is 60.7 Å².